The summed E-state index contributed by atoms with van der Waals surface area (Å²) in [5, 5.41) is 0. The molecule has 8 nitrogen and oxygen atoms in total. The van der Waals surface area contributed by atoms with Crippen molar-refractivity contribution in [1.29, 1.82) is 0 Å². The van der Waals surface area contributed by atoms with Gasteiger partial charge < -0.3 is 29.4 Å². The Morgan fingerprint density at radius 1 is 0.882 bits per heavy atom. The lowest BCUT2D eigenvalue weighted by Crippen LogP contribution is -2.20. The van der Waals surface area contributed by atoms with Crippen LogP contribution in [0.4, 0.5) is 17.6 Å². The Balaban J connectivity index is -0.000000177. The van der Waals surface area contributed by atoms with Crippen molar-refractivity contribution >= 4 is 15.6 Å². The number of rotatable bonds is 1. The molecule has 0 aliphatic heterocycles. The molecule has 0 aromatic carbocycles. The third-order valence-corrected chi connectivity index (χ3v) is 0.383. The number of hydrogen-bond acceptors (Lipinski definition) is 2. The molecule has 0 fully saturated rings. The van der Waals surface area contributed by atoms with Gasteiger partial charge in [-0.15, -0.1) is 0 Å². The van der Waals surface area contributed by atoms with E-state index < -0.39 is 28.0 Å². The average Bonchev–Trinajstić information content (AvgIpc) is 1.74. The fourth-order valence-corrected chi connectivity index (χ4v) is 0. The van der Waals surface area contributed by atoms with E-state index in [2.05, 4.69) is 0 Å². The van der Waals surface area contributed by atoms with Crippen molar-refractivity contribution in [2.75, 3.05) is 0 Å². The molecule has 0 aliphatic rings. The molecule has 0 unspecified atom stereocenters. The van der Waals surface area contributed by atoms with E-state index in [0.717, 1.165) is 0 Å². The van der Waals surface area contributed by atoms with Gasteiger partial charge in [-0.2, -0.15) is 0 Å². The third-order valence-electron chi connectivity index (χ3n) is 0.383. The zero-order chi connectivity index (χ0) is 15.1. The Hall–Kier alpha value is -0.0600. The Morgan fingerprint density at radius 3 is 0.941 bits per heavy atom. The predicted octanol–water partition coefficient (Wildman–Crippen LogP) is 0.0495. The van der Waals surface area contributed by atoms with Crippen molar-refractivity contribution in [3.63, 3.8) is 0 Å². The first-order valence-corrected chi connectivity index (χ1v) is 6.30. The van der Waals surface area contributed by atoms with E-state index in [1.165, 1.54) is 0 Å². The van der Waals surface area contributed by atoms with E-state index in [9.17, 15) is 17.6 Å². The molecule has 0 aliphatic carbocycles. The Bertz CT molecular complexity index is 240. The van der Waals surface area contributed by atoms with Gasteiger partial charge in [0.05, 0.1) is 0 Å². The predicted molar refractivity (Wildman–Crippen MR) is 45.2 cm³/mol. The molecular formula is C3H10F4O8P2. The van der Waals surface area contributed by atoms with Gasteiger partial charge in [0, 0.05) is 6.92 Å². The van der Waals surface area contributed by atoms with Crippen molar-refractivity contribution in [3.8, 4) is 0 Å². The van der Waals surface area contributed by atoms with Crippen molar-refractivity contribution in [1.82, 2.24) is 0 Å². The minimum absolute atomic E-state index is 0.178. The fourth-order valence-electron chi connectivity index (χ4n) is 0. The number of hydrogen-bond donors (Lipinski definition) is 6. The van der Waals surface area contributed by atoms with Crippen LogP contribution in [0.2, 0.25) is 0 Å². The van der Waals surface area contributed by atoms with Crippen LogP contribution in [0.3, 0.4) is 0 Å². The van der Waals surface area contributed by atoms with Crippen molar-refractivity contribution < 1.29 is 56.1 Å². The van der Waals surface area contributed by atoms with Crippen LogP contribution in [0.25, 0.3) is 0 Å². The first-order chi connectivity index (χ1) is 6.94. The maximum atomic E-state index is 11.1. The third kappa shape index (κ3) is 87.8. The highest BCUT2D eigenvalue weighted by atomic mass is 31.2. The Morgan fingerprint density at radius 2 is 0.941 bits per heavy atom. The van der Waals surface area contributed by atoms with Crippen LogP contribution >= 0.6 is 15.6 Å². The fraction of sp³-hybridized carbons (Fsp3) is 1.00. The summed E-state index contributed by atoms with van der Waals surface area (Å²) in [5.41, 5.74) is 0. The van der Waals surface area contributed by atoms with Crippen LogP contribution in [0.15, 0.2) is 0 Å². The Kier molecular flexibility index (Phi) is 10.6. The summed E-state index contributed by atoms with van der Waals surface area (Å²) in [5.74, 6) is -3.83. The first kappa shape index (κ1) is 22.1. The van der Waals surface area contributed by atoms with Crippen LogP contribution in [0, 0.1) is 0 Å². The lowest BCUT2D eigenvalue weighted by molar-refractivity contribution is -0.113. The zero-order valence-electron chi connectivity index (χ0n) is 7.98. The second-order valence-corrected chi connectivity index (χ2v) is 4.34. The quantitative estimate of drug-likeness (QED) is 0.293. The van der Waals surface area contributed by atoms with Gasteiger partial charge >= 0.3 is 28.0 Å². The summed E-state index contributed by atoms with van der Waals surface area (Å²) < 4.78 is 61.5. The molecule has 0 saturated carbocycles. The normalized spacial score (nSPS) is 12.2. The first-order valence-electron chi connectivity index (χ1n) is 3.17. The molecule has 0 radical (unpaired) electrons. The van der Waals surface area contributed by atoms with Gasteiger partial charge in [0.25, 0.3) is 0 Å². The summed E-state index contributed by atoms with van der Waals surface area (Å²) >= 11 is 0. The maximum Gasteiger partial charge on any atom is 0.466 e. The highest BCUT2D eigenvalue weighted by Gasteiger charge is 2.33. The van der Waals surface area contributed by atoms with Crippen molar-refractivity contribution in [2.45, 2.75) is 19.3 Å². The summed E-state index contributed by atoms with van der Waals surface area (Å²) in [6.45, 7) is 0.178. The monoisotopic (exact) mass is 312 g/mol. The maximum absolute atomic E-state index is 11.1. The summed E-state index contributed by atoms with van der Waals surface area (Å²) in [6.07, 6.45) is -3.53. The molecule has 17 heavy (non-hydrogen) atoms. The topological polar surface area (TPSA) is 156 Å². The van der Waals surface area contributed by atoms with Gasteiger partial charge in [-0.3, -0.25) is 0 Å². The minimum atomic E-state index is -4.64. The largest absolute Gasteiger partial charge is 0.466 e. The molecule has 0 aromatic rings. The Labute approximate surface area is 92.0 Å². The van der Waals surface area contributed by atoms with E-state index in [1.54, 1.807) is 0 Å². The summed E-state index contributed by atoms with van der Waals surface area (Å²) in [7, 11) is -9.28. The lowest BCUT2D eigenvalue weighted by Gasteiger charge is -2.05. The SMILES string of the molecule is CC(F)(F)C(F)F.O=P(O)(O)O.O=P(O)(O)O. The van der Waals surface area contributed by atoms with Crippen molar-refractivity contribution in [3.05, 3.63) is 0 Å². The van der Waals surface area contributed by atoms with Gasteiger partial charge in [-0.1, -0.05) is 0 Å². The molecular weight excluding hydrogens is 302 g/mol. The van der Waals surface area contributed by atoms with Crippen LogP contribution < -0.4 is 0 Å². The standard InChI is InChI=1S/C3H4F4.2H3O4P/c1-3(6,7)2(4)5;2*1-5(2,3)4/h2H,1H3;2*(H3,1,2,3,4). The molecule has 0 heterocycles. The van der Waals surface area contributed by atoms with E-state index in [1.807, 2.05) is 0 Å². The molecule has 14 heteroatoms. The van der Waals surface area contributed by atoms with Crippen LogP contribution in [0.1, 0.15) is 6.92 Å². The highest BCUT2D eigenvalue weighted by Crippen LogP contribution is 2.26. The second kappa shape index (κ2) is 8.11. The molecule has 0 saturated heterocycles. The van der Waals surface area contributed by atoms with E-state index in [4.69, 9.17) is 38.5 Å². The zero-order valence-corrected chi connectivity index (χ0v) is 9.77. The number of alkyl halides is 4. The molecule has 6 N–H and O–H groups in total. The smallest absolute Gasteiger partial charge is 0.303 e. The van der Waals surface area contributed by atoms with Gasteiger partial charge in [-0.05, 0) is 0 Å². The summed E-state index contributed by atoms with van der Waals surface area (Å²) in [6, 6.07) is 0. The van der Waals surface area contributed by atoms with Crippen LogP contribution in [-0.4, -0.2) is 41.7 Å². The van der Waals surface area contributed by atoms with Gasteiger partial charge in [0.2, 0.25) is 0 Å². The molecule has 0 aromatic heterocycles. The van der Waals surface area contributed by atoms with E-state index in [-0.39, 0.29) is 6.92 Å². The number of phosphoric acid groups is 2. The lowest BCUT2D eigenvalue weighted by atomic mass is 10.4. The minimum Gasteiger partial charge on any atom is -0.303 e. The highest BCUT2D eigenvalue weighted by molar-refractivity contribution is 7.45. The molecule has 0 amide bonds. The molecule has 0 rings (SSSR count). The molecule has 0 spiro atoms. The van der Waals surface area contributed by atoms with Crippen LogP contribution in [-0.2, 0) is 9.13 Å². The second-order valence-electron chi connectivity index (χ2n) is 2.28. The average molecular weight is 312 g/mol. The van der Waals surface area contributed by atoms with E-state index >= 15 is 0 Å². The van der Waals surface area contributed by atoms with E-state index in [0.29, 0.717) is 0 Å². The molecule has 108 valence electrons. The number of halogens is 4. The van der Waals surface area contributed by atoms with Crippen LogP contribution in [0.5, 0.6) is 0 Å². The molecule has 0 bridgehead atoms. The molecule has 0 atom stereocenters. The summed E-state index contributed by atoms with van der Waals surface area (Å²) in [4.78, 5) is 43.1. The van der Waals surface area contributed by atoms with Gasteiger partial charge in [0.1, 0.15) is 0 Å². The van der Waals surface area contributed by atoms with Crippen molar-refractivity contribution in [2.24, 2.45) is 0 Å². The van der Waals surface area contributed by atoms with Gasteiger partial charge in [0.15, 0.2) is 0 Å². The van der Waals surface area contributed by atoms with Gasteiger partial charge in [-0.25, -0.2) is 26.7 Å².